The van der Waals surface area contributed by atoms with Crippen LogP contribution < -0.4 is 21.9 Å². The highest BCUT2D eigenvalue weighted by Crippen LogP contribution is 2.32. The number of rotatable bonds is 11. The Hall–Kier alpha value is -2.78. The Morgan fingerprint density at radius 3 is 2.37 bits per heavy atom. The molecule has 3 rings (SSSR count). The van der Waals surface area contributed by atoms with Crippen molar-refractivity contribution < 1.29 is 19.2 Å². The van der Waals surface area contributed by atoms with E-state index in [-0.39, 0.29) is 18.7 Å². The molecule has 0 radical (unpaired) electrons. The van der Waals surface area contributed by atoms with Crippen molar-refractivity contribution in [1.82, 2.24) is 15.6 Å². The van der Waals surface area contributed by atoms with Crippen molar-refractivity contribution in [2.24, 2.45) is 5.84 Å². The summed E-state index contributed by atoms with van der Waals surface area (Å²) in [4.78, 5) is 50.4. The van der Waals surface area contributed by atoms with Crippen LogP contribution in [0.3, 0.4) is 0 Å². The number of hydrazine groups is 1. The molecule has 2 aliphatic rings. The third kappa shape index (κ3) is 4.85. The summed E-state index contributed by atoms with van der Waals surface area (Å²) in [5.41, 5.74) is 3.86. The van der Waals surface area contributed by atoms with Crippen molar-refractivity contribution >= 4 is 29.3 Å². The lowest BCUT2D eigenvalue weighted by molar-refractivity contribution is -0.136. The first kappa shape index (κ1) is 21.9. The molecule has 1 atom stereocenters. The number of carbonyl (C=O) groups excluding carboxylic acids is 4. The summed E-state index contributed by atoms with van der Waals surface area (Å²) in [6, 6.07) is 4.16. The lowest BCUT2D eigenvalue weighted by Crippen LogP contribution is -2.54. The first-order valence-electron chi connectivity index (χ1n) is 10.6. The van der Waals surface area contributed by atoms with Crippen LogP contribution >= 0.6 is 0 Å². The number of hydrogen-bond donors (Lipinski definition) is 4. The van der Waals surface area contributed by atoms with Gasteiger partial charge in [0.25, 0.3) is 11.8 Å². The monoisotopic (exact) mass is 415 g/mol. The molecule has 1 fully saturated rings. The second-order valence-electron chi connectivity index (χ2n) is 7.68. The van der Waals surface area contributed by atoms with Crippen LogP contribution in [0.4, 0.5) is 5.69 Å². The lowest BCUT2D eigenvalue weighted by atomic mass is 10.0. The van der Waals surface area contributed by atoms with Crippen molar-refractivity contribution in [1.29, 1.82) is 0 Å². The summed E-state index contributed by atoms with van der Waals surface area (Å²) in [6.07, 6.45) is 6.82. The van der Waals surface area contributed by atoms with Crippen LogP contribution in [0.15, 0.2) is 18.2 Å². The van der Waals surface area contributed by atoms with Gasteiger partial charge in [-0.05, 0) is 31.4 Å². The number of carbonyl (C=O) groups is 4. The topological polar surface area (TPSA) is 134 Å². The highest BCUT2D eigenvalue weighted by molar-refractivity contribution is 6.25. The van der Waals surface area contributed by atoms with E-state index in [9.17, 15) is 19.2 Å². The highest BCUT2D eigenvalue weighted by Gasteiger charge is 2.45. The zero-order valence-electron chi connectivity index (χ0n) is 17.0. The molecule has 1 aromatic carbocycles. The molecule has 2 heterocycles. The van der Waals surface area contributed by atoms with Crippen LogP contribution in [0.5, 0.6) is 0 Å². The van der Waals surface area contributed by atoms with Crippen molar-refractivity contribution in [3.8, 4) is 0 Å². The SMILES string of the molecule is NNCCCCCCCCNc1cccc2c1C(=O)N(C1CCC(=O)NC1=O)C2=O. The Morgan fingerprint density at radius 1 is 0.967 bits per heavy atom. The quantitative estimate of drug-likeness (QED) is 0.185. The standard InChI is InChI=1S/C21H29N5O4/c22-24-13-6-4-2-1-3-5-12-23-15-9-7-8-14-18(15)21(30)26(20(14)29)16-10-11-17(27)25-19(16)28/h7-9,16,23-24H,1-6,10-13,22H2,(H,25,27,28). The zero-order chi connectivity index (χ0) is 21.5. The van der Waals surface area contributed by atoms with E-state index < -0.39 is 23.8 Å². The molecule has 9 nitrogen and oxygen atoms in total. The number of anilines is 1. The molecule has 30 heavy (non-hydrogen) atoms. The van der Waals surface area contributed by atoms with Crippen molar-refractivity contribution in [2.45, 2.75) is 57.4 Å². The summed E-state index contributed by atoms with van der Waals surface area (Å²) < 4.78 is 0. The highest BCUT2D eigenvalue weighted by atomic mass is 16.2. The molecule has 9 heteroatoms. The largest absolute Gasteiger partial charge is 0.384 e. The number of nitrogens with one attached hydrogen (secondary N) is 3. The Bertz CT molecular complexity index is 826. The third-order valence-corrected chi connectivity index (χ3v) is 5.53. The van der Waals surface area contributed by atoms with E-state index in [0.29, 0.717) is 23.4 Å². The lowest BCUT2D eigenvalue weighted by Gasteiger charge is -2.27. The molecule has 2 aliphatic heterocycles. The number of imide groups is 2. The summed E-state index contributed by atoms with van der Waals surface area (Å²) >= 11 is 0. The minimum absolute atomic E-state index is 0.109. The van der Waals surface area contributed by atoms with Gasteiger partial charge in [-0.2, -0.15) is 0 Å². The molecule has 1 saturated heterocycles. The average molecular weight is 415 g/mol. The number of amides is 4. The number of nitrogens with two attached hydrogens (primary N) is 1. The fourth-order valence-corrected chi connectivity index (χ4v) is 3.94. The first-order valence-corrected chi connectivity index (χ1v) is 10.6. The van der Waals surface area contributed by atoms with E-state index in [1.165, 1.54) is 0 Å². The summed E-state index contributed by atoms with van der Waals surface area (Å²) in [7, 11) is 0. The second kappa shape index (κ2) is 10.3. The molecule has 0 aromatic heterocycles. The van der Waals surface area contributed by atoms with Gasteiger partial charge in [-0.3, -0.25) is 40.7 Å². The minimum Gasteiger partial charge on any atom is -0.384 e. The number of nitrogens with zero attached hydrogens (tertiary/aromatic N) is 1. The van der Waals surface area contributed by atoms with Gasteiger partial charge in [0.15, 0.2) is 0 Å². The molecule has 0 spiro atoms. The minimum atomic E-state index is -0.947. The molecular formula is C21H29N5O4. The number of fused-ring (bicyclic) bond motifs is 1. The first-order chi connectivity index (χ1) is 14.5. The van der Waals surface area contributed by atoms with Gasteiger partial charge in [-0.1, -0.05) is 31.7 Å². The number of hydrogen-bond acceptors (Lipinski definition) is 7. The zero-order valence-corrected chi connectivity index (χ0v) is 17.0. The fraction of sp³-hybridized carbons (Fsp3) is 0.524. The maximum atomic E-state index is 13.0. The van der Waals surface area contributed by atoms with Crippen molar-refractivity contribution in [3.63, 3.8) is 0 Å². The molecule has 0 bridgehead atoms. The van der Waals surface area contributed by atoms with Crippen molar-refractivity contribution in [3.05, 3.63) is 29.3 Å². The van der Waals surface area contributed by atoms with Crippen LogP contribution in [-0.2, 0) is 9.59 Å². The van der Waals surface area contributed by atoms with Crippen LogP contribution in [0.25, 0.3) is 0 Å². The van der Waals surface area contributed by atoms with Gasteiger partial charge in [-0.25, -0.2) is 0 Å². The number of unbranched alkanes of at least 4 members (excludes halogenated alkanes) is 5. The Labute approximate surface area is 175 Å². The maximum absolute atomic E-state index is 13.0. The molecule has 5 N–H and O–H groups in total. The average Bonchev–Trinajstić information content (AvgIpc) is 2.98. The van der Waals surface area contributed by atoms with Gasteiger partial charge in [0, 0.05) is 25.2 Å². The maximum Gasteiger partial charge on any atom is 0.264 e. The van der Waals surface area contributed by atoms with E-state index >= 15 is 0 Å². The number of piperidine rings is 1. The van der Waals surface area contributed by atoms with E-state index in [2.05, 4.69) is 16.1 Å². The third-order valence-electron chi connectivity index (χ3n) is 5.53. The van der Waals surface area contributed by atoms with E-state index in [1.807, 2.05) is 0 Å². The Kier molecular flexibility index (Phi) is 7.53. The Morgan fingerprint density at radius 2 is 1.67 bits per heavy atom. The van der Waals surface area contributed by atoms with Gasteiger partial charge in [0.1, 0.15) is 6.04 Å². The van der Waals surface area contributed by atoms with E-state index in [1.54, 1.807) is 18.2 Å². The molecule has 162 valence electrons. The summed E-state index contributed by atoms with van der Waals surface area (Å²) in [5, 5.41) is 5.48. The second-order valence-corrected chi connectivity index (χ2v) is 7.68. The van der Waals surface area contributed by atoms with Gasteiger partial charge in [-0.15, -0.1) is 0 Å². The molecule has 1 aromatic rings. The normalized spacial score (nSPS) is 18.6. The fourth-order valence-electron chi connectivity index (χ4n) is 3.94. The van der Waals surface area contributed by atoms with Gasteiger partial charge in [0.2, 0.25) is 11.8 Å². The summed E-state index contributed by atoms with van der Waals surface area (Å²) in [5.74, 6) is 3.29. The Balaban J connectivity index is 1.56. The van der Waals surface area contributed by atoms with E-state index in [4.69, 9.17) is 5.84 Å². The molecule has 0 aliphatic carbocycles. The molecule has 0 saturated carbocycles. The molecular weight excluding hydrogens is 386 g/mol. The predicted octanol–water partition coefficient (Wildman–Crippen LogP) is 1.30. The van der Waals surface area contributed by atoms with Gasteiger partial charge >= 0.3 is 0 Å². The molecule has 4 amide bonds. The van der Waals surface area contributed by atoms with Gasteiger partial charge in [0.05, 0.1) is 11.1 Å². The van der Waals surface area contributed by atoms with Gasteiger partial charge < -0.3 is 5.32 Å². The van der Waals surface area contributed by atoms with Crippen LogP contribution in [0.2, 0.25) is 0 Å². The van der Waals surface area contributed by atoms with Crippen LogP contribution in [0.1, 0.15) is 72.1 Å². The van der Waals surface area contributed by atoms with E-state index in [0.717, 1.165) is 50.0 Å². The van der Waals surface area contributed by atoms with Crippen molar-refractivity contribution in [2.75, 3.05) is 18.4 Å². The predicted molar refractivity (Wildman–Crippen MR) is 111 cm³/mol. The number of benzene rings is 1. The summed E-state index contributed by atoms with van der Waals surface area (Å²) in [6.45, 7) is 1.53. The van der Waals surface area contributed by atoms with Crippen LogP contribution in [-0.4, -0.2) is 47.7 Å². The smallest absolute Gasteiger partial charge is 0.264 e. The van der Waals surface area contributed by atoms with Crippen LogP contribution in [0, 0.1) is 0 Å². The molecule has 1 unspecified atom stereocenters.